The monoisotopic (exact) mass is 276 g/mol. The van der Waals surface area contributed by atoms with Crippen molar-refractivity contribution in [3.63, 3.8) is 0 Å². The van der Waals surface area contributed by atoms with Crippen LogP contribution in [0.25, 0.3) is 0 Å². The van der Waals surface area contributed by atoms with Crippen LogP contribution in [0.1, 0.15) is 81.8 Å². The van der Waals surface area contributed by atoms with E-state index in [9.17, 15) is 0 Å². The fourth-order valence-electron chi connectivity index (χ4n) is 3.27. The lowest BCUT2D eigenvalue weighted by molar-refractivity contribution is 0.549. The SMILES string of the molecule is O.c1ccc2c(c1)CCCCCCCCCCCCC2. The number of hydrogen-bond acceptors (Lipinski definition) is 0. The van der Waals surface area contributed by atoms with Crippen LogP contribution in [-0.4, -0.2) is 5.48 Å². The van der Waals surface area contributed by atoms with Gasteiger partial charge in [0, 0.05) is 0 Å². The Morgan fingerprint density at radius 1 is 0.450 bits per heavy atom. The van der Waals surface area contributed by atoms with Crippen LogP contribution in [0.5, 0.6) is 0 Å². The van der Waals surface area contributed by atoms with E-state index in [1.165, 1.54) is 83.5 Å². The van der Waals surface area contributed by atoms with Crippen LogP contribution in [-0.2, 0) is 12.8 Å². The molecule has 0 fully saturated rings. The second-order valence-corrected chi connectivity index (χ2v) is 6.16. The molecule has 0 saturated carbocycles. The Labute approximate surface area is 125 Å². The summed E-state index contributed by atoms with van der Waals surface area (Å²) in [4.78, 5) is 0. The summed E-state index contributed by atoms with van der Waals surface area (Å²) >= 11 is 0. The minimum atomic E-state index is 0. The standard InChI is InChI=1S/C19H30.H2O/c1-2-4-6-8-10-14-18-16-12-13-17-19(18)15-11-9-7-5-3-1;/h12-13,16-17H,1-11,14-15H2;1H2. The van der Waals surface area contributed by atoms with E-state index >= 15 is 0 Å². The summed E-state index contributed by atoms with van der Waals surface area (Å²) in [5, 5.41) is 0. The van der Waals surface area contributed by atoms with E-state index in [0.29, 0.717) is 0 Å². The van der Waals surface area contributed by atoms with Crippen LogP contribution >= 0.6 is 0 Å². The number of benzene rings is 1. The molecule has 0 spiro atoms. The maximum atomic E-state index is 2.35. The van der Waals surface area contributed by atoms with Crippen LogP contribution in [0.4, 0.5) is 0 Å². The van der Waals surface area contributed by atoms with Gasteiger partial charge in [-0.05, 0) is 36.8 Å². The molecule has 1 aliphatic carbocycles. The van der Waals surface area contributed by atoms with Gasteiger partial charge in [0.05, 0.1) is 0 Å². The number of rotatable bonds is 0. The van der Waals surface area contributed by atoms with E-state index in [1.807, 2.05) is 0 Å². The molecule has 1 aliphatic rings. The van der Waals surface area contributed by atoms with E-state index in [1.54, 1.807) is 11.1 Å². The van der Waals surface area contributed by atoms with Crippen LogP contribution in [0.3, 0.4) is 0 Å². The molecule has 2 N–H and O–H groups in total. The minimum absolute atomic E-state index is 0. The molecule has 1 heteroatoms. The molecule has 114 valence electrons. The van der Waals surface area contributed by atoms with Gasteiger partial charge in [-0.3, -0.25) is 0 Å². The van der Waals surface area contributed by atoms with Crippen LogP contribution < -0.4 is 0 Å². The highest BCUT2D eigenvalue weighted by atomic mass is 16.0. The molecule has 1 aromatic rings. The quantitative estimate of drug-likeness (QED) is 0.619. The third-order valence-corrected chi connectivity index (χ3v) is 4.51. The fourth-order valence-corrected chi connectivity index (χ4v) is 3.27. The zero-order chi connectivity index (χ0) is 13.2. The van der Waals surface area contributed by atoms with E-state index in [4.69, 9.17) is 0 Å². The van der Waals surface area contributed by atoms with Crippen molar-refractivity contribution in [2.24, 2.45) is 0 Å². The van der Waals surface area contributed by atoms with E-state index in [2.05, 4.69) is 24.3 Å². The molecule has 1 nitrogen and oxygen atoms in total. The summed E-state index contributed by atoms with van der Waals surface area (Å²) in [6.45, 7) is 0. The zero-order valence-corrected chi connectivity index (χ0v) is 13.0. The van der Waals surface area contributed by atoms with Crippen molar-refractivity contribution >= 4 is 0 Å². The Balaban J connectivity index is 0.00000200. The first-order valence-corrected chi connectivity index (χ1v) is 8.53. The van der Waals surface area contributed by atoms with Crippen LogP contribution in [0.2, 0.25) is 0 Å². The first-order chi connectivity index (χ1) is 9.47. The van der Waals surface area contributed by atoms with Gasteiger partial charge in [0.2, 0.25) is 0 Å². The van der Waals surface area contributed by atoms with E-state index < -0.39 is 0 Å². The molecule has 0 atom stereocenters. The zero-order valence-electron chi connectivity index (χ0n) is 13.0. The van der Waals surface area contributed by atoms with Gasteiger partial charge in [-0.1, -0.05) is 82.1 Å². The molecule has 20 heavy (non-hydrogen) atoms. The molecule has 0 unspecified atom stereocenters. The summed E-state index contributed by atoms with van der Waals surface area (Å²) in [6.07, 6.45) is 18.4. The highest BCUT2D eigenvalue weighted by Gasteiger charge is 2.03. The summed E-state index contributed by atoms with van der Waals surface area (Å²) in [7, 11) is 0. The van der Waals surface area contributed by atoms with E-state index in [-0.39, 0.29) is 5.48 Å². The number of aryl methyl sites for hydroxylation is 2. The maximum Gasteiger partial charge on any atom is -0.0276 e. The Hall–Kier alpha value is -0.820. The Bertz CT molecular complexity index is 312. The van der Waals surface area contributed by atoms with E-state index in [0.717, 1.165) is 0 Å². The van der Waals surface area contributed by atoms with Gasteiger partial charge >= 0.3 is 0 Å². The second kappa shape index (κ2) is 10.9. The second-order valence-electron chi connectivity index (χ2n) is 6.16. The van der Waals surface area contributed by atoms with Crippen molar-refractivity contribution in [2.75, 3.05) is 0 Å². The average molecular weight is 276 g/mol. The molecule has 0 amide bonds. The predicted molar refractivity (Wildman–Crippen MR) is 88.3 cm³/mol. The summed E-state index contributed by atoms with van der Waals surface area (Å²) in [6, 6.07) is 9.14. The van der Waals surface area contributed by atoms with Gasteiger partial charge in [0.25, 0.3) is 0 Å². The lowest BCUT2D eigenvalue weighted by atomic mass is 9.97. The molecule has 0 aliphatic heterocycles. The lowest BCUT2D eigenvalue weighted by Crippen LogP contribution is -1.95. The normalized spacial score (nSPS) is 19.0. The molecular formula is C19H32O. The molecule has 0 radical (unpaired) electrons. The largest absolute Gasteiger partial charge is 0.412 e. The molecule has 0 heterocycles. The van der Waals surface area contributed by atoms with Crippen LogP contribution in [0, 0.1) is 0 Å². The topological polar surface area (TPSA) is 31.5 Å². The lowest BCUT2D eigenvalue weighted by Gasteiger charge is -2.09. The van der Waals surface area contributed by atoms with Crippen molar-refractivity contribution in [3.8, 4) is 0 Å². The van der Waals surface area contributed by atoms with Crippen molar-refractivity contribution in [2.45, 2.75) is 83.5 Å². The smallest absolute Gasteiger partial charge is 0.0276 e. The molecular weight excluding hydrogens is 244 g/mol. The first-order valence-electron chi connectivity index (χ1n) is 8.53. The number of fused-ring (bicyclic) bond motifs is 1. The van der Waals surface area contributed by atoms with Gasteiger partial charge in [0.15, 0.2) is 0 Å². The molecule has 0 aromatic heterocycles. The summed E-state index contributed by atoms with van der Waals surface area (Å²) in [5.41, 5.74) is 3.25. The highest BCUT2D eigenvalue weighted by molar-refractivity contribution is 5.27. The van der Waals surface area contributed by atoms with Crippen molar-refractivity contribution in [3.05, 3.63) is 35.4 Å². The van der Waals surface area contributed by atoms with Gasteiger partial charge in [0.1, 0.15) is 0 Å². The van der Waals surface area contributed by atoms with Gasteiger partial charge in [-0.25, -0.2) is 0 Å². The van der Waals surface area contributed by atoms with Crippen LogP contribution in [0.15, 0.2) is 24.3 Å². The third kappa shape index (κ3) is 6.56. The van der Waals surface area contributed by atoms with Gasteiger partial charge in [-0.2, -0.15) is 0 Å². The van der Waals surface area contributed by atoms with Crippen molar-refractivity contribution < 1.29 is 5.48 Å². The average Bonchev–Trinajstić information content (AvgIpc) is 2.45. The Morgan fingerprint density at radius 2 is 0.750 bits per heavy atom. The van der Waals surface area contributed by atoms with Gasteiger partial charge in [-0.15, -0.1) is 0 Å². The molecule has 1 aromatic carbocycles. The number of hydrogen-bond donors (Lipinski definition) is 0. The van der Waals surface area contributed by atoms with Gasteiger partial charge < -0.3 is 5.48 Å². The fraction of sp³-hybridized carbons (Fsp3) is 0.684. The Kier molecular flexibility index (Phi) is 9.40. The van der Waals surface area contributed by atoms with Crippen molar-refractivity contribution in [1.29, 1.82) is 0 Å². The summed E-state index contributed by atoms with van der Waals surface area (Å²) < 4.78 is 0. The minimum Gasteiger partial charge on any atom is -0.412 e. The molecule has 0 bridgehead atoms. The maximum absolute atomic E-state index is 2.35. The third-order valence-electron chi connectivity index (χ3n) is 4.51. The Morgan fingerprint density at radius 3 is 1.10 bits per heavy atom. The predicted octanol–water partition coefficient (Wildman–Crippen LogP) is 5.25. The summed E-state index contributed by atoms with van der Waals surface area (Å²) in [5.74, 6) is 0. The first kappa shape index (κ1) is 17.2. The molecule has 2 rings (SSSR count). The highest BCUT2D eigenvalue weighted by Crippen LogP contribution is 2.18. The van der Waals surface area contributed by atoms with Crippen molar-refractivity contribution in [1.82, 2.24) is 0 Å². The molecule has 0 saturated heterocycles.